The molecule has 1 unspecified atom stereocenters. The predicted molar refractivity (Wildman–Crippen MR) is 88.6 cm³/mol. The fourth-order valence-corrected chi connectivity index (χ4v) is 3.05. The Kier molecular flexibility index (Phi) is 4.48. The van der Waals surface area contributed by atoms with Gasteiger partial charge in [0.1, 0.15) is 5.82 Å². The molecule has 3 rings (SSSR count). The van der Waals surface area contributed by atoms with E-state index in [9.17, 15) is 9.18 Å². The minimum Gasteiger partial charge on any atom is -0.331 e. The highest BCUT2D eigenvalue weighted by atomic mass is 19.1. The van der Waals surface area contributed by atoms with Gasteiger partial charge in [-0.15, -0.1) is 0 Å². The number of nitrogens with zero attached hydrogens (tertiary/aromatic N) is 2. The predicted octanol–water partition coefficient (Wildman–Crippen LogP) is 3.53. The second kappa shape index (κ2) is 6.71. The number of carbonyl (C=O) groups excluding carboxylic acids is 1. The van der Waals surface area contributed by atoms with Crippen LogP contribution in [0.2, 0.25) is 0 Å². The first-order valence-corrected chi connectivity index (χ1v) is 7.86. The van der Waals surface area contributed by atoms with Gasteiger partial charge in [-0.2, -0.15) is 5.26 Å². The summed E-state index contributed by atoms with van der Waals surface area (Å²) in [6.07, 6.45) is 1.36. The number of halogens is 1. The van der Waals surface area contributed by atoms with Crippen molar-refractivity contribution in [3.63, 3.8) is 0 Å². The lowest BCUT2D eigenvalue weighted by Crippen LogP contribution is -2.38. The molecule has 0 aromatic heterocycles. The number of fused-ring (bicyclic) bond motifs is 1. The van der Waals surface area contributed by atoms with Crippen molar-refractivity contribution in [2.45, 2.75) is 25.4 Å². The Bertz CT molecular complexity index is 795. The maximum Gasteiger partial charge on any atom is 0.317 e. The van der Waals surface area contributed by atoms with Crippen LogP contribution in [0.15, 0.2) is 42.5 Å². The zero-order chi connectivity index (χ0) is 17.1. The van der Waals surface area contributed by atoms with E-state index in [1.807, 2.05) is 18.2 Å². The van der Waals surface area contributed by atoms with Crippen LogP contribution in [0.5, 0.6) is 0 Å². The Labute approximate surface area is 140 Å². The third-order valence-electron chi connectivity index (χ3n) is 4.36. The minimum atomic E-state index is -0.199. The van der Waals surface area contributed by atoms with Crippen molar-refractivity contribution < 1.29 is 9.18 Å². The zero-order valence-electron chi connectivity index (χ0n) is 13.4. The van der Waals surface area contributed by atoms with Crippen molar-refractivity contribution in [3.8, 4) is 6.07 Å². The van der Waals surface area contributed by atoms with Gasteiger partial charge in [0, 0.05) is 13.6 Å². The molecule has 122 valence electrons. The molecule has 0 bridgehead atoms. The van der Waals surface area contributed by atoms with Gasteiger partial charge in [0.05, 0.1) is 17.7 Å². The summed E-state index contributed by atoms with van der Waals surface area (Å²) in [6, 6.07) is 13.9. The Morgan fingerprint density at radius 2 is 2.08 bits per heavy atom. The highest BCUT2D eigenvalue weighted by molar-refractivity contribution is 5.74. The summed E-state index contributed by atoms with van der Waals surface area (Å²) in [6.45, 7) is 0.445. The number of urea groups is 1. The van der Waals surface area contributed by atoms with Crippen molar-refractivity contribution in [1.29, 1.82) is 5.26 Å². The quantitative estimate of drug-likeness (QED) is 0.939. The Morgan fingerprint density at radius 3 is 2.79 bits per heavy atom. The molecule has 0 fully saturated rings. The van der Waals surface area contributed by atoms with E-state index >= 15 is 0 Å². The van der Waals surface area contributed by atoms with Crippen LogP contribution in [0.1, 0.15) is 34.7 Å². The maximum absolute atomic E-state index is 13.8. The summed E-state index contributed by atoms with van der Waals surface area (Å²) in [7, 11) is 1.72. The summed E-state index contributed by atoms with van der Waals surface area (Å²) in [5, 5.41) is 11.8. The molecule has 1 atom stereocenters. The molecule has 1 aliphatic carbocycles. The SMILES string of the molecule is CN(Cc1ccc(C#N)cc1)C(=O)NC1CCc2c(F)cccc21. The minimum absolute atomic E-state index is 0.147. The van der Waals surface area contributed by atoms with Crippen LogP contribution in [0.25, 0.3) is 0 Å². The van der Waals surface area contributed by atoms with Gasteiger partial charge in [-0.05, 0) is 47.7 Å². The van der Waals surface area contributed by atoms with E-state index < -0.39 is 0 Å². The van der Waals surface area contributed by atoms with Gasteiger partial charge in [0.2, 0.25) is 0 Å². The number of benzene rings is 2. The molecule has 0 heterocycles. The summed E-state index contributed by atoms with van der Waals surface area (Å²) in [5.41, 5.74) is 3.12. The average molecular weight is 323 g/mol. The summed E-state index contributed by atoms with van der Waals surface area (Å²) in [5.74, 6) is -0.199. The van der Waals surface area contributed by atoms with Crippen LogP contribution in [0, 0.1) is 17.1 Å². The molecule has 1 N–H and O–H groups in total. The standard InChI is InChI=1S/C19H18FN3O/c1-23(12-14-7-5-13(11-21)6-8-14)19(24)22-18-10-9-15-16(18)3-2-4-17(15)20/h2-8,18H,9-10,12H2,1H3,(H,22,24). The first kappa shape index (κ1) is 16.0. The highest BCUT2D eigenvalue weighted by Crippen LogP contribution is 2.32. The lowest BCUT2D eigenvalue weighted by Gasteiger charge is -2.22. The molecule has 1 aliphatic rings. The van der Waals surface area contributed by atoms with Crippen LogP contribution in [0.3, 0.4) is 0 Å². The fourth-order valence-electron chi connectivity index (χ4n) is 3.05. The average Bonchev–Trinajstić information content (AvgIpc) is 3.00. The van der Waals surface area contributed by atoms with Crippen LogP contribution in [-0.2, 0) is 13.0 Å². The van der Waals surface area contributed by atoms with Crippen LogP contribution >= 0.6 is 0 Å². The third-order valence-corrected chi connectivity index (χ3v) is 4.36. The van der Waals surface area contributed by atoms with E-state index in [1.54, 1.807) is 30.1 Å². The summed E-state index contributed by atoms with van der Waals surface area (Å²) in [4.78, 5) is 14.0. The molecule has 24 heavy (non-hydrogen) atoms. The Balaban J connectivity index is 1.63. The number of amides is 2. The number of hydrogen-bond donors (Lipinski definition) is 1. The van der Waals surface area contributed by atoms with Crippen LogP contribution in [0.4, 0.5) is 9.18 Å². The molecule has 0 saturated carbocycles. The van der Waals surface area contributed by atoms with Crippen molar-refractivity contribution in [2.24, 2.45) is 0 Å². The van der Waals surface area contributed by atoms with Crippen molar-refractivity contribution >= 4 is 6.03 Å². The second-order valence-electron chi connectivity index (χ2n) is 6.01. The molecule has 2 aromatic rings. The van der Waals surface area contributed by atoms with E-state index in [1.165, 1.54) is 6.07 Å². The molecule has 0 spiro atoms. The first-order chi connectivity index (χ1) is 11.6. The maximum atomic E-state index is 13.8. The molecule has 0 aliphatic heterocycles. The number of hydrogen-bond acceptors (Lipinski definition) is 2. The van der Waals surface area contributed by atoms with Crippen molar-refractivity contribution in [1.82, 2.24) is 10.2 Å². The van der Waals surface area contributed by atoms with E-state index in [2.05, 4.69) is 11.4 Å². The molecule has 5 heteroatoms. The van der Waals surface area contributed by atoms with Gasteiger partial charge >= 0.3 is 6.03 Å². The lowest BCUT2D eigenvalue weighted by atomic mass is 10.1. The fraction of sp³-hybridized carbons (Fsp3) is 0.263. The third kappa shape index (κ3) is 3.23. The molecule has 2 amide bonds. The van der Waals surface area contributed by atoms with E-state index in [0.29, 0.717) is 30.5 Å². The molecular formula is C19H18FN3O. The smallest absolute Gasteiger partial charge is 0.317 e. The van der Waals surface area contributed by atoms with Crippen molar-refractivity contribution in [3.05, 3.63) is 70.5 Å². The number of nitrogens with one attached hydrogen (secondary N) is 1. The van der Waals surface area contributed by atoms with Gasteiger partial charge in [0.25, 0.3) is 0 Å². The Hall–Kier alpha value is -2.87. The largest absolute Gasteiger partial charge is 0.331 e. The van der Waals surface area contributed by atoms with Gasteiger partial charge < -0.3 is 10.2 Å². The molecule has 2 aromatic carbocycles. The molecule has 4 nitrogen and oxygen atoms in total. The number of nitriles is 1. The topological polar surface area (TPSA) is 56.1 Å². The summed E-state index contributed by atoms with van der Waals surface area (Å²) < 4.78 is 13.8. The monoisotopic (exact) mass is 323 g/mol. The first-order valence-electron chi connectivity index (χ1n) is 7.86. The van der Waals surface area contributed by atoms with Gasteiger partial charge in [-0.25, -0.2) is 9.18 Å². The zero-order valence-corrected chi connectivity index (χ0v) is 13.4. The van der Waals surface area contributed by atoms with E-state index in [4.69, 9.17) is 5.26 Å². The second-order valence-corrected chi connectivity index (χ2v) is 6.01. The molecular weight excluding hydrogens is 305 g/mol. The summed E-state index contributed by atoms with van der Waals surface area (Å²) >= 11 is 0. The molecule has 0 saturated heterocycles. The Morgan fingerprint density at radius 1 is 1.33 bits per heavy atom. The highest BCUT2D eigenvalue weighted by Gasteiger charge is 2.26. The number of rotatable bonds is 3. The van der Waals surface area contributed by atoms with E-state index in [0.717, 1.165) is 11.1 Å². The van der Waals surface area contributed by atoms with Gasteiger partial charge in [-0.1, -0.05) is 24.3 Å². The van der Waals surface area contributed by atoms with Gasteiger partial charge in [0.15, 0.2) is 0 Å². The molecule has 0 radical (unpaired) electrons. The van der Waals surface area contributed by atoms with Crippen LogP contribution < -0.4 is 5.32 Å². The normalized spacial score (nSPS) is 15.5. The lowest BCUT2D eigenvalue weighted by molar-refractivity contribution is 0.202. The van der Waals surface area contributed by atoms with E-state index in [-0.39, 0.29) is 17.9 Å². The van der Waals surface area contributed by atoms with Crippen LogP contribution in [-0.4, -0.2) is 18.0 Å². The van der Waals surface area contributed by atoms with Gasteiger partial charge in [-0.3, -0.25) is 0 Å². The number of carbonyl (C=O) groups is 1. The van der Waals surface area contributed by atoms with Crippen molar-refractivity contribution in [2.75, 3.05) is 7.05 Å².